The summed E-state index contributed by atoms with van der Waals surface area (Å²) in [5, 5.41) is 1.09. The Kier molecular flexibility index (Phi) is 16.8. The average molecular weight is 1220 g/mol. The maximum absolute atomic E-state index is 14.2. The van der Waals surface area contributed by atoms with Crippen molar-refractivity contribution in [1.29, 1.82) is 0 Å². The molecule has 0 N–H and O–H groups in total. The average Bonchev–Trinajstić information content (AvgIpc) is 3.54. The molecule has 0 aliphatic rings. The third-order valence-corrected chi connectivity index (χ3v) is 12.2. The van der Waals surface area contributed by atoms with Crippen LogP contribution in [0, 0.1) is 0 Å². The van der Waals surface area contributed by atoms with E-state index in [9.17, 15) is 110 Å². The Morgan fingerprint density at radius 3 is 0.937 bits per heavy atom. The Balaban J connectivity index is 0.000000378. The smallest absolute Gasteiger partial charge is 0.416 e. The number of hydrogen-bond donors (Lipinski definition) is 0. The van der Waals surface area contributed by atoms with Gasteiger partial charge in [0.1, 0.15) is 11.7 Å². The third-order valence-electron chi connectivity index (χ3n) is 12.0. The van der Waals surface area contributed by atoms with E-state index in [1.165, 1.54) is 0 Å². The van der Waals surface area contributed by atoms with Crippen molar-refractivity contribution in [3.8, 4) is 0 Å². The molecule has 0 amide bonds. The summed E-state index contributed by atoms with van der Waals surface area (Å²) in [6.45, 7) is 0.620. The van der Waals surface area contributed by atoms with Gasteiger partial charge in [0, 0.05) is 23.1 Å². The normalized spacial score (nSPS) is 13.3. The predicted octanol–water partition coefficient (Wildman–Crippen LogP) is 14.9. The zero-order valence-corrected chi connectivity index (χ0v) is 40.1. The van der Waals surface area contributed by atoms with Crippen LogP contribution in [0.3, 0.4) is 0 Å². The summed E-state index contributed by atoms with van der Waals surface area (Å²) < 4.78 is 348. The van der Waals surface area contributed by atoms with Crippen LogP contribution in [0.1, 0.15) is 60.6 Å². The van der Waals surface area contributed by atoms with Crippen molar-refractivity contribution < 1.29 is 119 Å². The molecule has 0 fully saturated rings. The zero-order chi connectivity index (χ0) is 59.3. The van der Waals surface area contributed by atoms with Crippen LogP contribution in [0.15, 0.2) is 140 Å². The molecule has 0 saturated carbocycles. The van der Waals surface area contributed by atoms with Crippen LogP contribution in [0.2, 0.25) is 0 Å². The van der Waals surface area contributed by atoms with Gasteiger partial charge in [0.25, 0.3) is 5.69 Å². The molecule has 0 aliphatic heterocycles. The van der Waals surface area contributed by atoms with Crippen molar-refractivity contribution in [3.05, 3.63) is 195 Å². The van der Waals surface area contributed by atoms with E-state index in [0.29, 0.717) is 12.2 Å². The maximum atomic E-state index is 14.2. The number of benzene rings is 6. The number of carbonyl (C=O) groups is 1. The Hall–Kier alpha value is -6.94. The lowest BCUT2D eigenvalue weighted by Gasteiger charge is -2.46. The molecule has 1 heterocycles. The summed E-state index contributed by atoms with van der Waals surface area (Å²) >= 11 is 3.14. The molecule has 7 aromatic rings. The highest BCUT2D eigenvalue weighted by atomic mass is 79.9. The topological polar surface area (TPSA) is 30.2 Å². The van der Waals surface area contributed by atoms with E-state index in [0.717, 1.165) is 16.5 Å². The van der Waals surface area contributed by atoms with Gasteiger partial charge in [-0.3, -0.25) is 0 Å². The van der Waals surface area contributed by atoms with Gasteiger partial charge in [0.15, 0.2) is 6.54 Å². The minimum absolute atomic E-state index is 0.185. The fourth-order valence-electron chi connectivity index (χ4n) is 8.57. The van der Waals surface area contributed by atoms with Crippen molar-refractivity contribution in [3.63, 3.8) is 0 Å². The fourth-order valence-corrected chi connectivity index (χ4v) is 8.78. The molecule has 79 heavy (non-hydrogen) atoms. The summed E-state index contributed by atoms with van der Waals surface area (Å²) in [6, 6.07) is 13.1. The lowest BCUT2D eigenvalue weighted by atomic mass is 9.12. The zero-order valence-electron chi connectivity index (χ0n) is 38.5. The number of halogens is 25. The van der Waals surface area contributed by atoms with E-state index in [4.69, 9.17) is 4.74 Å². The quantitative estimate of drug-likeness (QED) is 0.0499. The van der Waals surface area contributed by atoms with Gasteiger partial charge in [-0.1, -0.05) is 91.0 Å². The monoisotopic (exact) mass is 1220 g/mol. The molecule has 0 unspecified atom stereocenters. The molecule has 0 radical (unpaired) electrons. The largest absolute Gasteiger partial charge is 0.446 e. The van der Waals surface area contributed by atoms with E-state index >= 15 is 0 Å². The number of carbonyl (C=O) groups excluding carboxylic acids is 1. The second-order valence-corrected chi connectivity index (χ2v) is 17.6. The Bertz CT molecular complexity index is 2920. The number of pyridine rings is 1. The molecule has 0 bridgehead atoms. The number of nitrogens with zero attached hydrogens (tertiary/aromatic N) is 1. The third kappa shape index (κ3) is 13.9. The number of rotatable bonds is 8. The number of alkyl halides is 25. The molecule has 0 atom stereocenters. The minimum atomic E-state index is -6.13. The summed E-state index contributed by atoms with van der Waals surface area (Å²) in [5.41, 5.74) is -27.3. The van der Waals surface area contributed by atoms with Gasteiger partial charge in [0.05, 0.1) is 44.5 Å². The first-order valence-corrected chi connectivity index (χ1v) is 22.7. The number of aromatic nitrogens is 1. The molecular formula is C50H27BBrF24NO2. The van der Waals surface area contributed by atoms with Crippen LogP contribution in [0.25, 0.3) is 10.9 Å². The van der Waals surface area contributed by atoms with Crippen LogP contribution in [-0.2, 0) is 60.7 Å². The van der Waals surface area contributed by atoms with Gasteiger partial charge in [-0.05, 0) is 52.3 Å². The molecule has 7 rings (SSSR count). The first-order chi connectivity index (χ1) is 36.1. The standard InChI is InChI=1S/C32H12BF24.C18H15BrNO2/c34-25(35,36)13-1-14(26(37,38)39)6-21(5-13)33(22-7-15(27(40,41)42)2-16(8-22)28(43,44)45,23-9-17(29(46,47)48)3-18(10-23)30(49,50)51)24-11-19(31(52,53)54)4-20(12-24)32(55,56)57;19-13-22-18(21)17-11-10-15-8-4-5-9-16(15)20(17)12-14-6-2-1-3-7-14/h1-12H;1-11H,12-13H2/q-1;+1. The van der Waals surface area contributed by atoms with E-state index in [-0.39, 0.29) is 11.5 Å². The van der Waals surface area contributed by atoms with Gasteiger partial charge in [-0.2, -0.15) is 132 Å². The number of fused-ring (bicyclic) bond motifs is 1. The highest BCUT2D eigenvalue weighted by molar-refractivity contribution is 9.09. The Morgan fingerprint density at radius 2 is 0.658 bits per heavy atom. The number of hydrogen-bond acceptors (Lipinski definition) is 2. The highest BCUT2D eigenvalue weighted by Gasteiger charge is 2.47. The first kappa shape index (κ1) is 61.3. The molecular weight excluding hydrogens is 1190 g/mol. The summed E-state index contributed by atoms with van der Waals surface area (Å²) in [5.74, 6) is -0.335. The predicted molar refractivity (Wildman–Crippen MR) is 239 cm³/mol. The second-order valence-electron chi connectivity index (χ2n) is 17.1. The molecule has 3 nitrogen and oxygen atoms in total. The van der Waals surface area contributed by atoms with E-state index < -0.39 is 195 Å². The molecule has 0 spiro atoms. The lowest BCUT2D eigenvalue weighted by molar-refractivity contribution is -0.665. The minimum Gasteiger partial charge on any atom is -0.446 e. The molecule has 422 valence electrons. The van der Waals surface area contributed by atoms with Crippen LogP contribution in [0.4, 0.5) is 105 Å². The van der Waals surface area contributed by atoms with Gasteiger partial charge < -0.3 is 4.74 Å². The van der Waals surface area contributed by atoms with Crippen LogP contribution < -0.4 is 26.4 Å². The Labute approximate surface area is 436 Å². The number of para-hydroxylation sites is 1. The van der Waals surface area contributed by atoms with Gasteiger partial charge in [-0.15, -0.1) is 0 Å². The number of ether oxygens (including phenoxy) is 1. The van der Waals surface area contributed by atoms with E-state index in [1.807, 2.05) is 71.3 Å². The SMILES string of the molecule is FC(F)(F)c1cc([B-](c2cc(C(F)(F)F)cc(C(F)(F)F)c2)(c2cc(C(F)(F)F)cc(C(F)(F)F)c2)c2cc(C(F)(F)F)cc(C(F)(F)F)c2)cc(C(F)(F)F)c1.O=C(OCBr)c1ccc2ccccc2[n+]1Cc1ccccc1. The molecule has 29 heteroatoms. The summed E-state index contributed by atoms with van der Waals surface area (Å²) in [7, 11) is 0. The van der Waals surface area contributed by atoms with Crippen molar-refractivity contribution in [2.24, 2.45) is 0 Å². The first-order valence-electron chi connectivity index (χ1n) is 21.6. The molecule has 6 aromatic carbocycles. The lowest BCUT2D eigenvalue weighted by Crippen LogP contribution is -2.75. The molecule has 0 aliphatic carbocycles. The molecule has 0 saturated heterocycles. The van der Waals surface area contributed by atoms with Crippen LogP contribution in [-0.4, -0.2) is 17.6 Å². The second kappa shape index (κ2) is 21.6. The van der Waals surface area contributed by atoms with Crippen LogP contribution >= 0.6 is 15.9 Å². The summed E-state index contributed by atoms with van der Waals surface area (Å²) in [4.78, 5) is 12.2. The highest BCUT2D eigenvalue weighted by Crippen LogP contribution is 2.41. The fraction of sp³-hybridized carbons (Fsp3) is 0.200. The molecule has 1 aromatic heterocycles. The van der Waals surface area contributed by atoms with Gasteiger partial charge in [0.2, 0.25) is 5.52 Å². The van der Waals surface area contributed by atoms with Crippen molar-refractivity contribution in [2.45, 2.75) is 56.0 Å². The van der Waals surface area contributed by atoms with Crippen molar-refractivity contribution in [1.82, 2.24) is 0 Å². The van der Waals surface area contributed by atoms with E-state index in [2.05, 4.69) is 15.9 Å². The van der Waals surface area contributed by atoms with Crippen molar-refractivity contribution >= 4 is 60.8 Å². The van der Waals surface area contributed by atoms with Gasteiger partial charge in [-0.25, -0.2) is 4.79 Å². The van der Waals surface area contributed by atoms with Crippen molar-refractivity contribution in [2.75, 3.05) is 5.52 Å². The van der Waals surface area contributed by atoms with Gasteiger partial charge >= 0.3 is 55.4 Å². The number of esters is 1. The summed E-state index contributed by atoms with van der Waals surface area (Å²) in [6.07, 6.45) is -54.8. The van der Waals surface area contributed by atoms with Crippen LogP contribution in [0.5, 0.6) is 0 Å². The van der Waals surface area contributed by atoms with E-state index in [1.54, 1.807) is 0 Å². The maximum Gasteiger partial charge on any atom is 0.416 e. The Morgan fingerprint density at radius 1 is 0.380 bits per heavy atom.